The predicted molar refractivity (Wildman–Crippen MR) is 79.0 cm³/mol. The van der Waals surface area contributed by atoms with Gasteiger partial charge in [-0.2, -0.15) is 4.31 Å². The summed E-state index contributed by atoms with van der Waals surface area (Å²) in [6.45, 7) is 3.10. The Kier molecular flexibility index (Phi) is 5.00. The molecule has 1 aliphatic carbocycles. The highest BCUT2D eigenvalue weighted by atomic mass is 32.2. The number of thiophene rings is 1. The van der Waals surface area contributed by atoms with E-state index in [1.54, 1.807) is 23.5 Å². The first-order chi connectivity index (χ1) is 9.05. The van der Waals surface area contributed by atoms with Crippen LogP contribution in [0, 0.1) is 0 Å². The highest BCUT2D eigenvalue weighted by molar-refractivity contribution is 7.91. The largest absolute Gasteiger partial charge is 0.314 e. The Morgan fingerprint density at radius 1 is 1.37 bits per heavy atom. The zero-order valence-corrected chi connectivity index (χ0v) is 13.1. The minimum atomic E-state index is -3.29. The SMILES string of the molecule is CCNC1CCC(N(C)S(=O)(=O)c2cccs2)CC1. The Bertz CT molecular complexity index is 477. The molecular weight excluding hydrogens is 280 g/mol. The quantitative estimate of drug-likeness (QED) is 0.908. The second-order valence-electron chi connectivity index (χ2n) is 5.02. The second kappa shape index (κ2) is 6.35. The topological polar surface area (TPSA) is 49.4 Å². The average Bonchev–Trinajstić information content (AvgIpc) is 2.94. The van der Waals surface area contributed by atoms with Gasteiger partial charge < -0.3 is 5.32 Å². The smallest absolute Gasteiger partial charge is 0.252 e. The molecule has 1 aromatic rings. The Labute approximate surface area is 119 Å². The Morgan fingerprint density at radius 3 is 2.58 bits per heavy atom. The lowest BCUT2D eigenvalue weighted by molar-refractivity contribution is 0.251. The molecule has 1 N–H and O–H groups in total. The van der Waals surface area contributed by atoms with Crippen molar-refractivity contribution in [2.75, 3.05) is 13.6 Å². The third-order valence-electron chi connectivity index (χ3n) is 3.83. The maximum absolute atomic E-state index is 12.4. The van der Waals surface area contributed by atoms with Crippen LogP contribution in [0.5, 0.6) is 0 Å². The van der Waals surface area contributed by atoms with Crippen molar-refractivity contribution in [2.45, 2.75) is 48.9 Å². The molecule has 19 heavy (non-hydrogen) atoms. The summed E-state index contributed by atoms with van der Waals surface area (Å²) in [6.07, 6.45) is 4.00. The van der Waals surface area contributed by atoms with E-state index in [0.717, 1.165) is 32.2 Å². The van der Waals surface area contributed by atoms with E-state index in [-0.39, 0.29) is 6.04 Å². The van der Waals surface area contributed by atoms with Gasteiger partial charge in [0.2, 0.25) is 0 Å². The van der Waals surface area contributed by atoms with Crippen molar-refractivity contribution in [1.29, 1.82) is 0 Å². The van der Waals surface area contributed by atoms with Crippen molar-refractivity contribution in [3.8, 4) is 0 Å². The zero-order valence-electron chi connectivity index (χ0n) is 11.5. The molecular formula is C13H22N2O2S2. The van der Waals surface area contributed by atoms with Crippen molar-refractivity contribution >= 4 is 21.4 Å². The van der Waals surface area contributed by atoms with Gasteiger partial charge in [-0.1, -0.05) is 13.0 Å². The van der Waals surface area contributed by atoms with E-state index in [2.05, 4.69) is 12.2 Å². The molecule has 0 bridgehead atoms. The summed E-state index contributed by atoms with van der Waals surface area (Å²) in [5, 5.41) is 5.25. The van der Waals surface area contributed by atoms with Crippen molar-refractivity contribution < 1.29 is 8.42 Å². The standard InChI is InChI=1S/C13H22N2O2S2/c1-3-14-11-6-8-12(9-7-11)15(2)19(16,17)13-5-4-10-18-13/h4-5,10-12,14H,3,6-9H2,1-2H3. The fraction of sp³-hybridized carbons (Fsp3) is 0.692. The molecule has 0 atom stereocenters. The van der Waals surface area contributed by atoms with Crippen LogP contribution in [0.15, 0.2) is 21.7 Å². The number of nitrogens with zero attached hydrogens (tertiary/aromatic N) is 1. The first kappa shape index (κ1) is 15.0. The van der Waals surface area contributed by atoms with Gasteiger partial charge >= 0.3 is 0 Å². The van der Waals surface area contributed by atoms with Crippen LogP contribution < -0.4 is 5.32 Å². The molecule has 1 heterocycles. The van der Waals surface area contributed by atoms with Gasteiger partial charge in [0.1, 0.15) is 4.21 Å². The number of sulfonamides is 1. The monoisotopic (exact) mass is 302 g/mol. The summed E-state index contributed by atoms with van der Waals surface area (Å²) in [5.74, 6) is 0. The van der Waals surface area contributed by atoms with Gasteiger partial charge in [-0.25, -0.2) is 8.42 Å². The zero-order chi connectivity index (χ0) is 13.9. The lowest BCUT2D eigenvalue weighted by Crippen LogP contribution is -2.43. The first-order valence-corrected chi connectivity index (χ1v) is 9.12. The number of hydrogen-bond donors (Lipinski definition) is 1. The van der Waals surface area contributed by atoms with E-state index < -0.39 is 10.0 Å². The average molecular weight is 302 g/mol. The molecule has 0 amide bonds. The summed E-state index contributed by atoms with van der Waals surface area (Å²) in [5.41, 5.74) is 0. The van der Waals surface area contributed by atoms with E-state index in [1.165, 1.54) is 11.3 Å². The molecule has 0 saturated heterocycles. The maximum Gasteiger partial charge on any atom is 0.252 e. The van der Waals surface area contributed by atoms with Gasteiger partial charge in [0.15, 0.2) is 0 Å². The molecule has 0 spiro atoms. The Balaban J connectivity index is 2.00. The summed E-state index contributed by atoms with van der Waals surface area (Å²) >= 11 is 1.29. The lowest BCUT2D eigenvalue weighted by Gasteiger charge is -2.34. The van der Waals surface area contributed by atoms with Crippen molar-refractivity contribution in [3.05, 3.63) is 17.5 Å². The molecule has 0 aliphatic heterocycles. The van der Waals surface area contributed by atoms with Gasteiger partial charge in [-0.3, -0.25) is 0 Å². The molecule has 0 aromatic carbocycles. The fourth-order valence-corrected chi connectivity index (χ4v) is 5.27. The molecule has 6 heteroatoms. The lowest BCUT2D eigenvalue weighted by atomic mass is 9.91. The number of nitrogens with one attached hydrogen (secondary N) is 1. The van der Waals surface area contributed by atoms with Crippen molar-refractivity contribution in [3.63, 3.8) is 0 Å². The molecule has 0 unspecified atom stereocenters. The van der Waals surface area contributed by atoms with Crippen LogP contribution >= 0.6 is 11.3 Å². The van der Waals surface area contributed by atoms with Crippen LogP contribution in [0.25, 0.3) is 0 Å². The van der Waals surface area contributed by atoms with Crippen molar-refractivity contribution in [1.82, 2.24) is 9.62 Å². The molecule has 1 aliphatic rings. The Morgan fingerprint density at radius 2 is 2.05 bits per heavy atom. The van der Waals surface area contributed by atoms with Crippen LogP contribution in [0.2, 0.25) is 0 Å². The maximum atomic E-state index is 12.4. The van der Waals surface area contributed by atoms with Gasteiger partial charge in [0.25, 0.3) is 10.0 Å². The van der Waals surface area contributed by atoms with Gasteiger partial charge in [0, 0.05) is 19.1 Å². The summed E-state index contributed by atoms with van der Waals surface area (Å²) < 4.78 is 26.9. The minimum Gasteiger partial charge on any atom is -0.314 e. The van der Waals surface area contributed by atoms with Crippen molar-refractivity contribution in [2.24, 2.45) is 0 Å². The minimum absolute atomic E-state index is 0.141. The predicted octanol–water partition coefficient (Wildman–Crippen LogP) is 2.29. The molecule has 2 rings (SSSR count). The Hall–Kier alpha value is -0.430. The fourth-order valence-electron chi connectivity index (χ4n) is 2.68. The number of rotatable bonds is 5. The highest BCUT2D eigenvalue weighted by Gasteiger charge is 2.31. The van der Waals surface area contributed by atoms with E-state index in [1.807, 2.05) is 5.38 Å². The van der Waals surface area contributed by atoms with Crippen LogP contribution in [-0.2, 0) is 10.0 Å². The third kappa shape index (κ3) is 3.37. The molecule has 1 saturated carbocycles. The van der Waals surface area contributed by atoms with Crippen LogP contribution in [0.4, 0.5) is 0 Å². The summed E-state index contributed by atoms with van der Waals surface area (Å²) in [4.78, 5) is 0. The first-order valence-electron chi connectivity index (χ1n) is 6.80. The highest BCUT2D eigenvalue weighted by Crippen LogP contribution is 2.28. The third-order valence-corrected chi connectivity index (χ3v) is 7.12. The molecule has 1 aromatic heterocycles. The summed E-state index contributed by atoms with van der Waals surface area (Å²) in [6, 6.07) is 4.16. The van der Waals surface area contributed by atoms with Crippen LogP contribution in [0.3, 0.4) is 0 Å². The summed E-state index contributed by atoms with van der Waals surface area (Å²) in [7, 11) is -1.58. The molecule has 108 valence electrons. The van der Waals surface area contributed by atoms with E-state index >= 15 is 0 Å². The van der Waals surface area contributed by atoms with Crippen LogP contribution in [-0.4, -0.2) is 38.4 Å². The van der Waals surface area contributed by atoms with Gasteiger partial charge in [-0.15, -0.1) is 11.3 Å². The molecule has 0 radical (unpaired) electrons. The van der Waals surface area contributed by atoms with E-state index in [0.29, 0.717) is 10.3 Å². The van der Waals surface area contributed by atoms with Gasteiger partial charge in [-0.05, 0) is 43.7 Å². The van der Waals surface area contributed by atoms with E-state index in [4.69, 9.17) is 0 Å². The second-order valence-corrected chi connectivity index (χ2v) is 8.19. The molecule has 1 fully saturated rings. The normalized spacial score (nSPS) is 24.8. The number of hydrogen-bond acceptors (Lipinski definition) is 4. The van der Waals surface area contributed by atoms with Gasteiger partial charge in [0.05, 0.1) is 0 Å². The molecule has 4 nitrogen and oxygen atoms in total. The van der Waals surface area contributed by atoms with E-state index in [9.17, 15) is 8.42 Å². The van der Waals surface area contributed by atoms with Crippen LogP contribution in [0.1, 0.15) is 32.6 Å².